The molecule has 2 aromatic heterocycles. The van der Waals surface area contributed by atoms with Crippen molar-refractivity contribution >= 4 is 62.3 Å². The molecule has 0 aliphatic heterocycles. The lowest BCUT2D eigenvalue weighted by Gasteiger charge is -2.21. The molecule has 0 aliphatic rings. The summed E-state index contributed by atoms with van der Waals surface area (Å²) in [7, 11) is 1.90. The van der Waals surface area contributed by atoms with Gasteiger partial charge in [-0.25, -0.2) is 0 Å². The van der Waals surface area contributed by atoms with Crippen LogP contribution in [0, 0.1) is 0 Å². The highest BCUT2D eigenvalue weighted by Crippen LogP contribution is 2.23. The molecule has 6 nitrogen and oxygen atoms in total. The van der Waals surface area contributed by atoms with Crippen LogP contribution in [0.2, 0.25) is 10.0 Å². The van der Waals surface area contributed by atoms with Gasteiger partial charge in [-0.1, -0.05) is 41.4 Å². The number of thiocarbonyl (C=S) groups is 1. The third-order valence-corrected chi connectivity index (χ3v) is 5.84. The van der Waals surface area contributed by atoms with E-state index in [2.05, 4.69) is 31.4 Å². The molecule has 3 aromatic rings. The lowest BCUT2D eigenvalue weighted by atomic mass is 10.2. The maximum Gasteiger partial charge on any atom is 0.174 e. The van der Waals surface area contributed by atoms with Gasteiger partial charge in [0.05, 0.1) is 34.5 Å². The van der Waals surface area contributed by atoms with Crippen LogP contribution in [0.4, 0.5) is 5.82 Å². The van der Waals surface area contributed by atoms with E-state index >= 15 is 0 Å². The van der Waals surface area contributed by atoms with Crippen molar-refractivity contribution in [2.24, 2.45) is 0 Å². The fraction of sp³-hybridized carbons (Fsp3) is 0.278. The molecular weight excluding hydrogens is 483 g/mol. The van der Waals surface area contributed by atoms with Crippen LogP contribution in [-0.2, 0) is 19.6 Å². The monoisotopic (exact) mass is 500 g/mol. The summed E-state index contributed by atoms with van der Waals surface area (Å²) in [6, 6.07) is 7.70. The molecule has 0 saturated carbocycles. The minimum absolute atomic E-state index is 0.531. The standard InChI is InChI=1S/C18H19BrCl2N6S/c1-3-27-16(15(21)8-22-27)11-25(2)18(28)23-17-13(19)10-26(24-17)9-12-6-4-5-7-14(12)20/h4-8,10H,3,9,11H2,1-2H3,(H,23,24,28). The molecule has 10 heteroatoms. The SMILES string of the molecule is CCn1ncc(Cl)c1CN(C)C(=S)Nc1nn(Cc2ccccc2Cl)cc1Br. The normalized spacial score (nSPS) is 10.9. The van der Waals surface area contributed by atoms with E-state index in [0.29, 0.717) is 34.1 Å². The minimum Gasteiger partial charge on any atom is -0.346 e. The molecule has 28 heavy (non-hydrogen) atoms. The van der Waals surface area contributed by atoms with Crippen LogP contribution in [0.25, 0.3) is 0 Å². The van der Waals surface area contributed by atoms with Gasteiger partial charge < -0.3 is 10.2 Å². The van der Waals surface area contributed by atoms with Gasteiger partial charge in [-0.15, -0.1) is 0 Å². The molecule has 0 saturated heterocycles. The van der Waals surface area contributed by atoms with Gasteiger partial charge in [0.1, 0.15) is 0 Å². The molecule has 1 aromatic carbocycles. The largest absolute Gasteiger partial charge is 0.346 e. The van der Waals surface area contributed by atoms with Gasteiger partial charge >= 0.3 is 0 Å². The summed E-state index contributed by atoms with van der Waals surface area (Å²) in [6.07, 6.45) is 3.54. The topological polar surface area (TPSA) is 50.9 Å². The third-order valence-electron chi connectivity index (χ3n) is 4.16. The van der Waals surface area contributed by atoms with E-state index in [4.69, 9.17) is 35.4 Å². The molecule has 0 spiro atoms. The second-order valence-corrected chi connectivity index (χ2v) is 8.21. The zero-order chi connectivity index (χ0) is 20.3. The van der Waals surface area contributed by atoms with Crippen molar-refractivity contribution in [1.29, 1.82) is 0 Å². The van der Waals surface area contributed by atoms with Gasteiger partial charge in [-0.3, -0.25) is 9.36 Å². The van der Waals surface area contributed by atoms with Gasteiger partial charge in [0.25, 0.3) is 0 Å². The molecule has 0 bridgehead atoms. The maximum absolute atomic E-state index is 6.24. The number of anilines is 1. The number of halogens is 3. The smallest absolute Gasteiger partial charge is 0.174 e. The fourth-order valence-corrected chi connectivity index (χ4v) is 3.65. The van der Waals surface area contributed by atoms with Crippen molar-refractivity contribution < 1.29 is 0 Å². The quantitative estimate of drug-likeness (QED) is 0.479. The molecule has 0 amide bonds. The number of aryl methyl sites for hydroxylation is 1. The minimum atomic E-state index is 0.531. The zero-order valence-corrected chi connectivity index (χ0v) is 19.3. The van der Waals surface area contributed by atoms with Gasteiger partial charge in [0.15, 0.2) is 10.9 Å². The van der Waals surface area contributed by atoms with Crippen molar-refractivity contribution in [2.45, 2.75) is 26.6 Å². The summed E-state index contributed by atoms with van der Waals surface area (Å²) in [5.74, 6) is 0.638. The highest BCUT2D eigenvalue weighted by Gasteiger charge is 2.15. The summed E-state index contributed by atoms with van der Waals surface area (Å²) in [4.78, 5) is 1.89. The highest BCUT2D eigenvalue weighted by atomic mass is 79.9. The molecular formula is C18H19BrCl2N6S. The average Bonchev–Trinajstić information content (AvgIpc) is 3.19. The van der Waals surface area contributed by atoms with E-state index in [1.807, 2.05) is 54.0 Å². The fourth-order valence-electron chi connectivity index (χ4n) is 2.67. The Labute approximate surface area is 187 Å². The molecule has 0 fully saturated rings. The number of benzene rings is 1. The number of nitrogens with zero attached hydrogens (tertiary/aromatic N) is 5. The van der Waals surface area contributed by atoms with Crippen LogP contribution in [0.15, 0.2) is 41.1 Å². The molecule has 3 rings (SSSR count). The highest BCUT2D eigenvalue weighted by molar-refractivity contribution is 9.10. The first-order valence-electron chi connectivity index (χ1n) is 8.57. The van der Waals surface area contributed by atoms with Gasteiger partial charge in [-0.05, 0) is 46.7 Å². The second kappa shape index (κ2) is 9.26. The van der Waals surface area contributed by atoms with Crippen molar-refractivity contribution in [3.63, 3.8) is 0 Å². The Hall–Kier alpha value is -1.61. The number of rotatable bonds is 6. The molecule has 2 heterocycles. The molecule has 0 radical (unpaired) electrons. The summed E-state index contributed by atoms with van der Waals surface area (Å²) in [6.45, 7) is 3.87. The second-order valence-electron chi connectivity index (χ2n) is 6.16. The van der Waals surface area contributed by atoms with Crippen molar-refractivity contribution in [3.05, 3.63) is 62.4 Å². The van der Waals surface area contributed by atoms with Crippen LogP contribution >= 0.6 is 51.3 Å². The van der Waals surface area contributed by atoms with Crippen molar-refractivity contribution in [3.8, 4) is 0 Å². The van der Waals surface area contributed by atoms with E-state index in [1.54, 1.807) is 10.9 Å². The van der Waals surface area contributed by atoms with Crippen LogP contribution in [0.3, 0.4) is 0 Å². The lowest BCUT2D eigenvalue weighted by molar-refractivity contribution is 0.471. The van der Waals surface area contributed by atoms with Gasteiger partial charge in [0, 0.05) is 24.8 Å². The van der Waals surface area contributed by atoms with Gasteiger partial charge in [0.2, 0.25) is 0 Å². The summed E-state index contributed by atoms with van der Waals surface area (Å²) in [5.41, 5.74) is 1.91. The average molecular weight is 502 g/mol. The van der Waals surface area contributed by atoms with Crippen molar-refractivity contribution in [2.75, 3.05) is 12.4 Å². The molecule has 148 valence electrons. The third kappa shape index (κ3) is 4.86. The predicted molar refractivity (Wildman–Crippen MR) is 121 cm³/mol. The Morgan fingerprint density at radius 2 is 2.04 bits per heavy atom. The number of hydrogen-bond acceptors (Lipinski definition) is 3. The Bertz CT molecular complexity index is 986. The van der Waals surface area contributed by atoms with E-state index in [9.17, 15) is 0 Å². The zero-order valence-electron chi connectivity index (χ0n) is 15.4. The van der Waals surface area contributed by atoms with E-state index in [-0.39, 0.29) is 0 Å². The summed E-state index contributed by atoms with van der Waals surface area (Å²) < 4.78 is 4.47. The molecule has 0 aliphatic carbocycles. The van der Waals surface area contributed by atoms with Crippen LogP contribution in [0.5, 0.6) is 0 Å². The predicted octanol–water partition coefficient (Wildman–Crippen LogP) is 5.05. The maximum atomic E-state index is 6.24. The Balaban J connectivity index is 1.68. The first kappa shape index (κ1) is 21.1. The molecule has 1 N–H and O–H groups in total. The summed E-state index contributed by atoms with van der Waals surface area (Å²) in [5, 5.41) is 13.9. The lowest BCUT2D eigenvalue weighted by Crippen LogP contribution is -2.31. The van der Waals surface area contributed by atoms with Gasteiger partial charge in [-0.2, -0.15) is 10.2 Å². The Morgan fingerprint density at radius 1 is 1.29 bits per heavy atom. The Morgan fingerprint density at radius 3 is 2.75 bits per heavy atom. The van der Waals surface area contributed by atoms with Crippen LogP contribution < -0.4 is 5.32 Å². The first-order valence-corrected chi connectivity index (χ1v) is 10.5. The number of nitrogens with one attached hydrogen (secondary N) is 1. The first-order chi connectivity index (χ1) is 13.4. The number of hydrogen-bond donors (Lipinski definition) is 1. The van der Waals surface area contributed by atoms with E-state index in [0.717, 1.165) is 22.3 Å². The Kier molecular flexibility index (Phi) is 6.98. The van der Waals surface area contributed by atoms with E-state index < -0.39 is 0 Å². The van der Waals surface area contributed by atoms with Crippen molar-refractivity contribution in [1.82, 2.24) is 24.5 Å². The molecule has 0 unspecified atom stereocenters. The van der Waals surface area contributed by atoms with Crippen LogP contribution in [-0.4, -0.2) is 36.6 Å². The van der Waals surface area contributed by atoms with Crippen LogP contribution in [0.1, 0.15) is 18.2 Å². The van der Waals surface area contributed by atoms with E-state index in [1.165, 1.54) is 0 Å². The summed E-state index contributed by atoms with van der Waals surface area (Å²) >= 11 is 21.5. The molecule has 0 atom stereocenters. The number of aromatic nitrogens is 4.